The van der Waals surface area contributed by atoms with Gasteiger partial charge < -0.3 is 10.2 Å². The fraction of sp³-hybridized carbons (Fsp3) is 0.316. The number of benzene rings is 1. The maximum atomic E-state index is 12.7. The third kappa shape index (κ3) is 4.65. The van der Waals surface area contributed by atoms with Crippen molar-refractivity contribution in [1.82, 2.24) is 9.88 Å². The van der Waals surface area contributed by atoms with E-state index < -0.39 is 0 Å². The number of aryl methyl sites for hydroxylation is 1. The highest BCUT2D eigenvalue weighted by Crippen LogP contribution is 2.15. The van der Waals surface area contributed by atoms with Gasteiger partial charge in [-0.15, -0.1) is 0 Å². The Bertz CT molecular complexity index is 743. The number of nitrogens with zero attached hydrogens (tertiary/aromatic N) is 2. The molecule has 1 aromatic carbocycles. The van der Waals surface area contributed by atoms with E-state index in [2.05, 4.69) is 10.3 Å². The van der Waals surface area contributed by atoms with Crippen LogP contribution in [0.25, 0.3) is 0 Å². The molecule has 0 bridgehead atoms. The van der Waals surface area contributed by atoms with Crippen molar-refractivity contribution in [2.45, 2.75) is 33.2 Å². The molecule has 1 heterocycles. The minimum atomic E-state index is -0.160. The van der Waals surface area contributed by atoms with Crippen LogP contribution in [0, 0.1) is 6.92 Å². The second-order valence-corrected chi connectivity index (χ2v) is 6.06. The minimum Gasteiger partial charge on any atom is -0.339 e. The van der Waals surface area contributed by atoms with Crippen LogP contribution in [0.5, 0.6) is 0 Å². The number of carbonyl (C=O) groups excluding carboxylic acids is 2. The number of carbonyl (C=O) groups is 2. The molecule has 0 aliphatic carbocycles. The van der Waals surface area contributed by atoms with Gasteiger partial charge in [0.05, 0.1) is 0 Å². The summed E-state index contributed by atoms with van der Waals surface area (Å²) in [6.45, 7) is 5.47. The summed E-state index contributed by atoms with van der Waals surface area (Å²) in [6.07, 6.45) is 2.48. The van der Waals surface area contributed by atoms with E-state index in [4.69, 9.17) is 0 Å². The Morgan fingerprint density at radius 2 is 2.00 bits per heavy atom. The van der Waals surface area contributed by atoms with Gasteiger partial charge in [-0.1, -0.05) is 6.07 Å². The second kappa shape index (κ2) is 7.73. The first-order valence-electron chi connectivity index (χ1n) is 7.93. The number of rotatable bonds is 5. The largest absolute Gasteiger partial charge is 0.339 e. The van der Waals surface area contributed by atoms with Crippen molar-refractivity contribution in [3.63, 3.8) is 0 Å². The average molecular weight is 325 g/mol. The van der Waals surface area contributed by atoms with Gasteiger partial charge in [0.25, 0.3) is 5.91 Å². The Balaban J connectivity index is 2.09. The SMILES string of the molecule is CC(=O)Nc1cccc(C(=O)N(C)[C@H](C)Cc2cc(C)ccn2)c1. The van der Waals surface area contributed by atoms with Crippen LogP contribution in [-0.2, 0) is 11.2 Å². The molecule has 2 aromatic rings. The van der Waals surface area contributed by atoms with Gasteiger partial charge in [-0.2, -0.15) is 0 Å². The molecule has 0 spiro atoms. The number of amides is 2. The van der Waals surface area contributed by atoms with Crippen LogP contribution in [0.2, 0.25) is 0 Å². The van der Waals surface area contributed by atoms with E-state index in [9.17, 15) is 9.59 Å². The second-order valence-electron chi connectivity index (χ2n) is 6.06. The van der Waals surface area contributed by atoms with Crippen LogP contribution in [0.1, 0.15) is 35.5 Å². The standard InChI is InChI=1S/C19H23N3O2/c1-13-8-9-20-18(10-13)11-14(2)22(4)19(24)16-6-5-7-17(12-16)21-15(3)23/h5-10,12,14H,11H2,1-4H3,(H,21,23)/t14-/m1/s1. The van der Waals surface area contributed by atoms with Gasteiger partial charge in [0.15, 0.2) is 0 Å². The Morgan fingerprint density at radius 3 is 2.67 bits per heavy atom. The van der Waals surface area contributed by atoms with E-state index >= 15 is 0 Å². The number of likely N-dealkylation sites (N-methyl/N-ethyl adjacent to an activating group) is 1. The lowest BCUT2D eigenvalue weighted by Crippen LogP contribution is -2.36. The Morgan fingerprint density at radius 1 is 1.25 bits per heavy atom. The molecule has 126 valence electrons. The molecule has 2 rings (SSSR count). The van der Waals surface area contributed by atoms with Crippen LogP contribution >= 0.6 is 0 Å². The van der Waals surface area contributed by atoms with Gasteiger partial charge in [0, 0.05) is 49.6 Å². The van der Waals surface area contributed by atoms with Gasteiger partial charge in [0.2, 0.25) is 5.91 Å². The quantitative estimate of drug-likeness (QED) is 0.919. The van der Waals surface area contributed by atoms with Crippen LogP contribution in [-0.4, -0.2) is 34.8 Å². The summed E-state index contributed by atoms with van der Waals surface area (Å²) in [5, 5.41) is 2.69. The molecule has 0 radical (unpaired) electrons. The first-order valence-corrected chi connectivity index (χ1v) is 7.93. The normalized spacial score (nSPS) is 11.7. The molecule has 1 N–H and O–H groups in total. The highest BCUT2D eigenvalue weighted by atomic mass is 16.2. The zero-order valence-corrected chi connectivity index (χ0v) is 14.5. The highest BCUT2D eigenvalue weighted by molar-refractivity contribution is 5.96. The number of aromatic nitrogens is 1. The number of hydrogen-bond acceptors (Lipinski definition) is 3. The van der Waals surface area contributed by atoms with E-state index in [1.165, 1.54) is 6.92 Å². The summed E-state index contributed by atoms with van der Waals surface area (Å²) < 4.78 is 0. The first kappa shape index (κ1) is 17.7. The molecule has 0 fully saturated rings. The fourth-order valence-electron chi connectivity index (χ4n) is 2.49. The van der Waals surface area contributed by atoms with Gasteiger partial charge >= 0.3 is 0 Å². The van der Waals surface area contributed by atoms with Crippen molar-refractivity contribution in [2.24, 2.45) is 0 Å². The van der Waals surface area contributed by atoms with Crippen molar-refractivity contribution in [3.05, 3.63) is 59.4 Å². The summed E-state index contributed by atoms with van der Waals surface area (Å²) in [6, 6.07) is 11.0. The first-order chi connectivity index (χ1) is 11.4. The van der Waals surface area contributed by atoms with E-state index in [0.29, 0.717) is 17.7 Å². The molecule has 0 unspecified atom stereocenters. The predicted octanol–water partition coefficient (Wildman–Crippen LogP) is 3.05. The number of anilines is 1. The molecule has 5 heteroatoms. The number of pyridine rings is 1. The van der Waals surface area contributed by atoms with Gasteiger partial charge in [-0.3, -0.25) is 14.6 Å². The molecule has 5 nitrogen and oxygen atoms in total. The molecule has 0 aliphatic heterocycles. The summed E-state index contributed by atoms with van der Waals surface area (Å²) >= 11 is 0. The molecule has 2 amide bonds. The Kier molecular flexibility index (Phi) is 5.68. The minimum absolute atomic E-state index is 0.0104. The van der Waals surface area contributed by atoms with Gasteiger partial charge in [0.1, 0.15) is 0 Å². The van der Waals surface area contributed by atoms with E-state index in [1.807, 2.05) is 26.0 Å². The number of hydrogen-bond donors (Lipinski definition) is 1. The molecule has 0 aliphatic rings. The molecule has 24 heavy (non-hydrogen) atoms. The Hall–Kier alpha value is -2.69. The molecule has 1 aromatic heterocycles. The van der Waals surface area contributed by atoms with Crippen molar-refractivity contribution >= 4 is 17.5 Å². The van der Waals surface area contributed by atoms with Gasteiger partial charge in [-0.05, 0) is 49.7 Å². The highest BCUT2D eigenvalue weighted by Gasteiger charge is 2.18. The zero-order valence-electron chi connectivity index (χ0n) is 14.5. The van der Waals surface area contributed by atoms with Crippen LogP contribution in [0.15, 0.2) is 42.6 Å². The van der Waals surface area contributed by atoms with Gasteiger partial charge in [-0.25, -0.2) is 0 Å². The summed E-state index contributed by atoms with van der Waals surface area (Å²) in [4.78, 5) is 29.9. The molecular weight excluding hydrogens is 302 g/mol. The molecule has 1 atom stereocenters. The number of nitrogens with one attached hydrogen (secondary N) is 1. The maximum absolute atomic E-state index is 12.7. The maximum Gasteiger partial charge on any atom is 0.253 e. The third-order valence-corrected chi connectivity index (χ3v) is 3.89. The van der Waals surface area contributed by atoms with Crippen LogP contribution in [0.4, 0.5) is 5.69 Å². The van der Waals surface area contributed by atoms with Crippen LogP contribution in [0.3, 0.4) is 0 Å². The van der Waals surface area contributed by atoms with E-state index in [1.54, 1.807) is 42.4 Å². The Labute approximate surface area is 142 Å². The lowest BCUT2D eigenvalue weighted by Gasteiger charge is -2.25. The lowest BCUT2D eigenvalue weighted by molar-refractivity contribution is -0.114. The fourth-order valence-corrected chi connectivity index (χ4v) is 2.49. The van der Waals surface area contributed by atoms with Crippen molar-refractivity contribution in [2.75, 3.05) is 12.4 Å². The van der Waals surface area contributed by atoms with E-state index in [-0.39, 0.29) is 17.9 Å². The molecular formula is C19H23N3O2. The van der Waals surface area contributed by atoms with Crippen molar-refractivity contribution in [3.8, 4) is 0 Å². The molecule has 0 saturated carbocycles. The predicted molar refractivity (Wildman–Crippen MR) is 95.0 cm³/mol. The average Bonchev–Trinajstić information content (AvgIpc) is 2.53. The summed E-state index contributed by atoms with van der Waals surface area (Å²) in [5.41, 5.74) is 3.29. The zero-order chi connectivity index (χ0) is 17.7. The van der Waals surface area contributed by atoms with E-state index in [0.717, 1.165) is 11.3 Å². The van der Waals surface area contributed by atoms with Crippen molar-refractivity contribution in [1.29, 1.82) is 0 Å². The smallest absolute Gasteiger partial charge is 0.253 e. The summed E-state index contributed by atoms with van der Waals surface area (Å²) in [7, 11) is 1.79. The van der Waals surface area contributed by atoms with Crippen molar-refractivity contribution < 1.29 is 9.59 Å². The topological polar surface area (TPSA) is 62.3 Å². The summed E-state index contributed by atoms with van der Waals surface area (Å²) in [5.74, 6) is -0.241. The molecule has 0 saturated heterocycles. The lowest BCUT2D eigenvalue weighted by atomic mass is 10.1. The van der Waals surface area contributed by atoms with Crippen LogP contribution < -0.4 is 5.32 Å². The monoisotopic (exact) mass is 325 g/mol. The third-order valence-electron chi connectivity index (χ3n) is 3.89.